The fraction of sp³-hybridized carbons (Fsp3) is 0.389. The van der Waals surface area contributed by atoms with Crippen molar-refractivity contribution in [2.24, 2.45) is 0 Å². The third-order valence-corrected chi connectivity index (χ3v) is 3.51. The van der Waals surface area contributed by atoms with E-state index < -0.39 is 0 Å². The zero-order valence-electron chi connectivity index (χ0n) is 13.3. The van der Waals surface area contributed by atoms with Crippen molar-refractivity contribution in [3.63, 3.8) is 0 Å². The summed E-state index contributed by atoms with van der Waals surface area (Å²) < 4.78 is 5.25. The maximum Gasteiger partial charge on any atom is 0.217 e. The minimum atomic E-state index is 0.203. The molecule has 0 saturated heterocycles. The Labute approximate surface area is 127 Å². The summed E-state index contributed by atoms with van der Waals surface area (Å²) in [5.41, 5.74) is 3.92. The molecular formula is C18H24N2O. The third kappa shape index (κ3) is 4.30. The zero-order chi connectivity index (χ0) is 15.3. The number of rotatable bonds is 5. The van der Waals surface area contributed by atoms with E-state index in [1.807, 2.05) is 12.1 Å². The van der Waals surface area contributed by atoms with Crippen LogP contribution in [0.3, 0.4) is 0 Å². The summed E-state index contributed by atoms with van der Waals surface area (Å²) in [4.78, 5) is 4.20. The van der Waals surface area contributed by atoms with Gasteiger partial charge in [-0.15, -0.1) is 0 Å². The van der Waals surface area contributed by atoms with Gasteiger partial charge in [0.15, 0.2) is 0 Å². The molecule has 0 radical (unpaired) electrons. The van der Waals surface area contributed by atoms with Gasteiger partial charge < -0.3 is 10.1 Å². The standard InChI is InChI=1S/C18H24N2O/c1-18(2,3)16-9-7-14(8-10-16)12-19-13-15-6-5-11-20-17(15)21-4/h5-11,19H,12-13H2,1-4H3. The summed E-state index contributed by atoms with van der Waals surface area (Å²) in [5, 5.41) is 3.43. The fourth-order valence-corrected chi connectivity index (χ4v) is 2.21. The second kappa shape index (κ2) is 6.72. The maximum atomic E-state index is 5.25. The van der Waals surface area contributed by atoms with Gasteiger partial charge in [-0.3, -0.25) is 0 Å². The second-order valence-corrected chi connectivity index (χ2v) is 6.22. The van der Waals surface area contributed by atoms with Gasteiger partial charge in [0.2, 0.25) is 5.88 Å². The molecule has 21 heavy (non-hydrogen) atoms. The third-order valence-electron chi connectivity index (χ3n) is 3.51. The summed E-state index contributed by atoms with van der Waals surface area (Å²) in [5.74, 6) is 0.688. The van der Waals surface area contributed by atoms with E-state index >= 15 is 0 Å². The molecule has 0 saturated carbocycles. The monoisotopic (exact) mass is 284 g/mol. The quantitative estimate of drug-likeness (QED) is 0.909. The molecule has 0 unspecified atom stereocenters. The average Bonchev–Trinajstić information content (AvgIpc) is 2.47. The van der Waals surface area contributed by atoms with Crippen LogP contribution in [0.1, 0.15) is 37.5 Å². The van der Waals surface area contributed by atoms with Gasteiger partial charge in [-0.2, -0.15) is 0 Å². The van der Waals surface area contributed by atoms with E-state index in [9.17, 15) is 0 Å². The van der Waals surface area contributed by atoms with Crippen molar-refractivity contribution in [2.75, 3.05) is 7.11 Å². The number of pyridine rings is 1. The molecular weight excluding hydrogens is 260 g/mol. The Hall–Kier alpha value is -1.87. The first-order valence-electron chi connectivity index (χ1n) is 7.29. The highest BCUT2D eigenvalue weighted by atomic mass is 16.5. The Morgan fingerprint density at radius 1 is 1.05 bits per heavy atom. The van der Waals surface area contributed by atoms with Gasteiger partial charge in [0.1, 0.15) is 0 Å². The minimum Gasteiger partial charge on any atom is -0.481 e. The Morgan fingerprint density at radius 2 is 1.76 bits per heavy atom. The van der Waals surface area contributed by atoms with Gasteiger partial charge in [-0.25, -0.2) is 4.98 Å². The SMILES string of the molecule is COc1ncccc1CNCc1ccc(C(C)(C)C)cc1. The first-order valence-corrected chi connectivity index (χ1v) is 7.29. The summed E-state index contributed by atoms with van der Waals surface area (Å²) in [6.45, 7) is 8.28. The summed E-state index contributed by atoms with van der Waals surface area (Å²) in [7, 11) is 1.65. The van der Waals surface area contributed by atoms with Gasteiger partial charge >= 0.3 is 0 Å². The zero-order valence-corrected chi connectivity index (χ0v) is 13.3. The predicted octanol–water partition coefficient (Wildman–Crippen LogP) is 3.68. The molecule has 0 atom stereocenters. The molecule has 0 aliphatic rings. The molecule has 0 bridgehead atoms. The topological polar surface area (TPSA) is 34.1 Å². The van der Waals surface area contributed by atoms with Crippen LogP contribution in [0, 0.1) is 0 Å². The first-order chi connectivity index (χ1) is 10.0. The molecule has 2 aromatic rings. The van der Waals surface area contributed by atoms with Gasteiger partial charge in [0.25, 0.3) is 0 Å². The number of methoxy groups -OCH3 is 1. The molecule has 0 aliphatic carbocycles. The van der Waals surface area contributed by atoms with Crippen molar-refractivity contribution >= 4 is 0 Å². The van der Waals surface area contributed by atoms with Crippen LogP contribution in [0.15, 0.2) is 42.6 Å². The van der Waals surface area contributed by atoms with E-state index in [4.69, 9.17) is 4.74 Å². The minimum absolute atomic E-state index is 0.203. The van der Waals surface area contributed by atoms with Crippen LogP contribution in [0.4, 0.5) is 0 Å². The molecule has 1 N–H and O–H groups in total. The Bertz CT molecular complexity index is 571. The Morgan fingerprint density at radius 3 is 2.38 bits per heavy atom. The Kier molecular flexibility index (Phi) is 4.97. The first kappa shape index (κ1) is 15.5. The molecule has 1 heterocycles. The Balaban J connectivity index is 1.92. The number of nitrogens with zero attached hydrogens (tertiary/aromatic N) is 1. The normalized spacial score (nSPS) is 11.4. The number of hydrogen-bond acceptors (Lipinski definition) is 3. The highest BCUT2D eigenvalue weighted by Crippen LogP contribution is 2.22. The van der Waals surface area contributed by atoms with E-state index in [0.29, 0.717) is 5.88 Å². The van der Waals surface area contributed by atoms with Gasteiger partial charge in [-0.05, 0) is 22.6 Å². The molecule has 3 nitrogen and oxygen atoms in total. The van der Waals surface area contributed by atoms with Gasteiger partial charge in [0.05, 0.1) is 7.11 Å². The van der Waals surface area contributed by atoms with Crippen LogP contribution < -0.4 is 10.1 Å². The number of aromatic nitrogens is 1. The van der Waals surface area contributed by atoms with Crippen molar-refractivity contribution in [1.29, 1.82) is 0 Å². The molecule has 1 aromatic carbocycles. The van der Waals surface area contributed by atoms with E-state index in [-0.39, 0.29) is 5.41 Å². The molecule has 0 aliphatic heterocycles. The molecule has 112 valence electrons. The summed E-state index contributed by atoms with van der Waals surface area (Å²) >= 11 is 0. The van der Waals surface area contributed by atoms with Crippen molar-refractivity contribution in [3.8, 4) is 5.88 Å². The number of benzene rings is 1. The van der Waals surface area contributed by atoms with Crippen LogP contribution >= 0.6 is 0 Å². The van der Waals surface area contributed by atoms with Crippen LogP contribution in [0.5, 0.6) is 5.88 Å². The molecule has 1 aromatic heterocycles. The maximum absolute atomic E-state index is 5.25. The summed E-state index contributed by atoms with van der Waals surface area (Å²) in [6.07, 6.45) is 1.74. The van der Waals surface area contributed by atoms with E-state index in [1.165, 1.54) is 11.1 Å². The van der Waals surface area contributed by atoms with Gasteiger partial charge in [0, 0.05) is 24.8 Å². The molecule has 0 amide bonds. The number of hydrogen-bond donors (Lipinski definition) is 1. The van der Waals surface area contributed by atoms with Crippen molar-refractivity contribution in [3.05, 3.63) is 59.3 Å². The fourth-order valence-electron chi connectivity index (χ4n) is 2.21. The largest absolute Gasteiger partial charge is 0.481 e. The van der Waals surface area contributed by atoms with Crippen molar-refractivity contribution in [1.82, 2.24) is 10.3 Å². The lowest BCUT2D eigenvalue weighted by Gasteiger charge is -2.19. The highest BCUT2D eigenvalue weighted by molar-refractivity contribution is 5.28. The average molecular weight is 284 g/mol. The van der Waals surface area contributed by atoms with Gasteiger partial charge in [-0.1, -0.05) is 51.1 Å². The molecule has 2 rings (SSSR count). The lowest BCUT2D eigenvalue weighted by molar-refractivity contribution is 0.390. The van der Waals surface area contributed by atoms with Crippen LogP contribution in [0.25, 0.3) is 0 Å². The second-order valence-electron chi connectivity index (χ2n) is 6.22. The van der Waals surface area contributed by atoms with E-state index in [1.54, 1.807) is 13.3 Å². The number of ether oxygens (including phenoxy) is 1. The van der Waals surface area contributed by atoms with Crippen molar-refractivity contribution < 1.29 is 4.74 Å². The smallest absolute Gasteiger partial charge is 0.217 e. The van der Waals surface area contributed by atoms with E-state index in [0.717, 1.165) is 18.7 Å². The molecule has 0 fully saturated rings. The summed E-state index contributed by atoms with van der Waals surface area (Å²) in [6, 6.07) is 12.8. The molecule has 3 heteroatoms. The molecule has 0 spiro atoms. The van der Waals surface area contributed by atoms with E-state index in [2.05, 4.69) is 55.3 Å². The number of nitrogens with one attached hydrogen (secondary N) is 1. The van der Waals surface area contributed by atoms with Crippen LogP contribution in [-0.2, 0) is 18.5 Å². The predicted molar refractivity (Wildman–Crippen MR) is 86.5 cm³/mol. The lowest BCUT2D eigenvalue weighted by Crippen LogP contribution is -2.14. The highest BCUT2D eigenvalue weighted by Gasteiger charge is 2.12. The van der Waals surface area contributed by atoms with Crippen LogP contribution in [0.2, 0.25) is 0 Å². The van der Waals surface area contributed by atoms with Crippen molar-refractivity contribution in [2.45, 2.75) is 39.3 Å². The van der Waals surface area contributed by atoms with Crippen LogP contribution in [-0.4, -0.2) is 12.1 Å². The lowest BCUT2D eigenvalue weighted by atomic mass is 9.87.